The lowest BCUT2D eigenvalue weighted by Crippen LogP contribution is -2.61. The third-order valence-corrected chi connectivity index (χ3v) is 4.19. The van der Waals surface area contributed by atoms with E-state index in [1.165, 1.54) is 4.90 Å². The lowest BCUT2D eigenvalue weighted by Gasteiger charge is -2.35. The minimum Gasteiger partial charge on any atom is -0.277 e. The maximum Gasteiger partial charge on any atom is 0.331 e. The molecular formula is C14H18N2O3S. The van der Waals surface area contributed by atoms with Crippen LogP contribution < -0.4 is 5.32 Å². The van der Waals surface area contributed by atoms with Crippen molar-refractivity contribution >= 4 is 29.2 Å². The van der Waals surface area contributed by atoms with E-state index in [1.54, 1.807) is 25.2 Å². The normalized spacial score (nSPS) is 21.3. The second kappa shape index (κ2) is 5.75. The highest BCUT2D eigenvalue weighted by Gasteiger charge is 2.43. The van der Waals surface area contributed by atoms with E-state index in [0.717, 1.165) is 5.56 Å². The van der Waals surface area contributed by atoms with Crippen molar-refractivity contribution in [3.63, 3.8) is 0 Å². The standard InChI is InChI=1S/C14H18N2O3S/c1-8(2)11-12(17)15-14(19)16(13(11)18)9(3)6-10-4-5-20-7-10/h4-5,7-9,11H,6H2,1-3H3,(H,15,17,19). The highest BCUT2D eigenvalue weighted by atomic mass is 32.1. The molecule has 1 fully saturated rings. The van der Waals surface area contributed by atoms with Gasteiger partial charge in [-0.2, -0.15) is 11.3 Å². The molecule has 1 aliphatic heterocycles. The first-order chi connectivity index (χ1) is 9.41. The monoisotopic (exact) mass is 294 g/mol. The zero-order chi connectivity index (χ0) is 14.9. The molecule has 1 aromatic rings. The number of imide groups is 2. The summed E-state index contributed by atoms with van der Waals surface area (Å²) in [5.74, 6) is -1.80. The predicted octanol–water partition coefficient (Wildman–Crippen LogP) is 2.03. The Bertz CT molecular complexity index is 525. The quantitative estimate of drug-likeness (QED) is 0.864. The Kier molecular flexibility index (Phi) is 4.23. The van der Waals surface area contributed by atoms with E-state index in [0.29, 0.717) is 6.42 Å². The van der Waals surface area contributed by atoms with Gasteiger partial charge in [0.25, 0.3) is 0 Å². The van der Waals surface area contributed by atoms with Gasteiger partial charge in [-0.25, -0.2) is 4.79 Å². The molecule has 0 radical (unpaired) electrons. The molecule has 0 saturated carbocycles. The van der Waals surface area contributed by atoms with E-state index < -0.39 is 23.8 Å². The van der Waals surface area contributed by atoms with Crippen LogP contribution in [-0.4, -0.2) is 28.8 Å². The molecule has 2 rings (SSSR count). The molecule has 0 spiro atoms. The molecule has 2 heterocycles. The predicted molar refractivity (Wildman–Crippen MR) is 76.2 cm³/mol. The Hall–Kier alpha value is -1.69. The number of amides is 4. The molecule has 0 aromatic carbocycles. The number of nitrogens with zero attached hydrogens (tertiary/aromatic N) is 1. The maximum atomic E-state index is 12.4. The van der Waals surface area contributed by atoms with Gasteiger partial charge in [0.05, 0.1) is 0 Å². The Morgan fingerprint density at radius 1 is 1.30 bits per heavy atom. The van der Waals surface area contributed by atoms with Gasteiger partial charge in [0.2, 0.25) is 11.8 Å². The van der Waals surface area contributed by atoms with E-state index in [2.05, 4.69) is 5.32 Å². The first kappa shape index (κ1) is 14.7. The Morgan fingerprint density at radius 2 is 2.00 bits per heavy atom. The molecular weight excluding hydrogens is 276 g/mol. The second-order valence-electron chi connectivity index (χ2n) is 5.41. The lowest BCUT2D eigenvalue weighted by atomic mass is 9.91. The van der Waals surface area contributed by atoms with Crippen LogP contribution in [0.1, 0.15) is 26.3 Å². The summed E-state index contributed by atoms with van der Waals surface area (Å²) in [7, 11) is 0. The van der Waals surface area contributed by atoms with Gasteiger partial charge in [-0.05, 0) is 41.7 Å². The van der Waals surface area contributed by atoms with Crippen molar-refractivity contribution in [1.82, 2.24) is 10.2 Å². The summed E-state index contributed by atoms with van der Waals surface area (Å²) in [6.07, 6.45) is 0.599. The SMILES string of the molecule is CC(C)C1C(=O)NC(=O)N(C(C)Cc2ccsc2)C1=O. The Morgan fingerprint density at radius 3 is 2.55 bits per heavy atom. The van der Waals surface area contributed by atoms with E-state index in [4.69, 9.17) is 0 Å². The highest BCUT2D eigenvalue weighted by molar-refractivity contribution is 7.07. The van der Waals surface area contributed by atoms with Crippen molar-refractivity contribution in [2.24, 2.45) is 11.8 Å². The van der Waals surface area contributed by atoms with Crippen LogP contribution in [0, 0.1) is 11.8 Å². The molecule has 5 nitrogen and oxygen atoms in total. The van der Waals surface area contributed by atoms with Gasteiger partial charge in [-0.3, -0.25) is 19.8 Å². The largest absolute Gasteiger partial charge is 0.331 e. The van der Waals surface area contributed by atoms with E-state index >= 15 is 0 Å². The van der Waals surface area contributed by atoms with Crippen molar-refractivity contribution in [2.75, 3.05) is 0 Å². The van der Waals surface area contributed by atoms with Crippen LogP contribution in [0.3, 0.4) is 0 Å². The number of hydrogen-bond acceptors (Lipinski definition) is 4. The van der Waals surface area contributed by atoms with Gasteiger partial charge in [0.15, 0.2) is 0 Å². The number of thiophene rings is 1. The van der Waals surface area contributed by atoms with Crippen LogP contribution >= 0.6 is 11.3 Å². The van der Waals surface area contributed by atoms with Crippen LogP contribution in [0.5, 0.6) is 0 Å². The highest BCUT2D eigenvalue weighted by Crippen LogP contribution is 2.22. The van der Waals surface area contributed by atoms with Gasteiger partial charge in [0, 0.05) is 6.04 Å². The molecule has 1 aliphatic rings. The molecule has 108 valence electrons. The number of hydrogen-bond donors (Lipinski definition) is 1. The summed E-state index contributed by atoms with van der Waals surface area (Å²) in [5.41, 5.74) is 1.08. The van der Waals surface area contributed by atoms with Gasteiger partial charge >= 0.3 is 6.03 Å². The molecule has 6 heteroatoms. The summed E-state index contributed by atoms with van der Waals surface area (Å²) < 4.78 is 0. The van der Waals surface area contributed by atoms with Crippen molar-refractivity contribution < 1.29 is 14.4 Å². The van der Waals surface area contributed by atoms with Crippen molar-refractivity contribution in [2.45, 2.75) is 33.2 Å². The van der Waals surface area contributed by atoms with E-state index in [9.17, 15) is 14.4 Å². The molecule has 4 amide bonds. The summed E-state index contributed by atoms with van der Waals surface area (Å²) >= 11 is 1.58. The Labute approximate surface area is 122 Å². The van der Waals surface area contributed by atoms with E-state index in [1.807, 2.05) is 23.8 Å². The van der Waals surface area contributed by atoms with Crippen LogP contribution in [0.4, 0.5) is 4.79 Å². The third-order valence-electron chi connectivity index (χ3n) is 3.45. The first-order valence-electron chi connectivity index (χ1n) is 6.60. The lowest BCUT2D eigenvalue weighted by molar-refractivity contribution is -0.145. The summed E-state index contributed by atoms with van der Waals surface area (Å²) in [6.45, 7) is 5.43. The maximum absolute atomic E-state index is 12.4. The zero-order valence-electron chi connectivity index (χ0n) is 11.8. The Balaban J connectivity index is 2.18. The number of carbonyl (C=O) groups excluding carboxylic acids is 3. The minimum atomic E-state index is -0.780. The van der Waals surface area contributed by atoms with Gasteiger partial charge in [0.1, 0.15) is 5.92 Å². The van der Waals surface area contributed by atoms with Gasteiger partial charge in [-0.15, -0.1) is 0 Å². The smallest absolute Gasteiger partial charge is 0.277 e. The van der Waals surface area contributed by atoms with Crippen molar-refractivity contribution in [3.05, 3.63) is 22.4 Å². The molecule has 0 bridgehead atoms. The third kappa shape index (κ3) is 2.75. The van der Waals surface area contributed by atoms with Gasteiger partial charge < -0.3 is 0 Å². The molecule has 1 N–H and O–H groups in total. The second-order valence-corrected chi connectivity index (χ2v) is 6.19. The summed E-state index contributed by atoms with van der Waals surface area (Å²) in [6, 6.07) is 1.09. The van der Waals surface area contributed by atoms with Crippen LogP contribution in [0.2, 0.25) is 0 Å². The van der Waals surface area contributed by atoms with E-state index in [-0.39, 0.29) is 12.0 Å². The average Bonchev–Trinajstić information content (AvgIpc) is 2.79. The van der Waals surface area contributed by atoms with Crippen LogP contribution in [0.15, 0.2) is 16.8 Å². The first-order valence-corrected chi connectivity index (χ1v) is 7.55. The molecule has 0 aliphatic carbocycles. The fraction of sp³-hybridized carbons (Fsp3) is 0.500. The number of rotatable bonds is 4. The molecule has 20 heavy (non-hydrogen) atoms. The fourth-order valence-corrected chi connectivity index (χ4v) is 3.13. The van der Waals surface area contributed by atoms with Crippen LogP contribution in [0.25, 0.3) is 0 Å². The number of barbiturate groups is 1. The molecule has 1 aromatic heterocycles. The number of urea groups is 1. The topological polar surface area (TPSA) is 66.5 Å². The minimum absolute atomic E-state index is 0.133. The summed E-state index contributed by atoms with van der Waals surface area (Å²) in [5, 5.41) is 6.23. The summed E-state index contributed by atoms with van der Waals surface area (Å²) in [4.78, 5) is 37.3. The van der Waals surface area contributed by atoms with Crippen LogP contribution in [-0.2, 0) is 16.0 Å². The molecule has 1 saturated heterocycles. The zero-order valence-corrected chi connectivity index (χ0v) is 12.6. The number of carbonyl (C=O) groups is 3. The van der Waals surface area contributed by atoms with Crippen molar-refractivity contribution in [1.29, 1.82) is 0 Å². The molecule has 2 unspecified atom stereocenters. The average molecular weight is 294 g/mol. The van der Waals surface area contributed by atoms with Gasteiger partial charge in [-0.1, -0.05) is 13.8 Å². The van der Waals surface area contributed by atoms with Crippen molar-refractivity contribution in [3.8, 4) is 0 Å². The molecule has 2 atom stereocenters. The fourth-order valence-electron chi connectivity index (χ4n) is 2.45. The number of nitrogens with one attached hydrogen (secondary N) is 1.